The molecule has 38 heavy (non-hydrogen) atoms. The van der Waals surface area contributed by atoms with Crippen LogP contribution in [0.1, 0.15) is 55.2 Å². The lowest BCUT2D eigenvalue weighted by Crippen LogP contribution is -2.37. The van der Waals surface area contributed by atoms with Gasteiger partial charge in [-0.25, -0.2) is 4.79 Å². The van der Waals surface area contributed by atoms with E-state index in [1.54, 1.807) is 4.90 Å². The highest BCUT2D eigenvalue weighted by atomic mass is 16.7. The molecule has 0 aliphatic carbocycles. The van der Waals surface area contributed by atoms with Gasteiger partial charge >= 0.3 is 5.97 Å². The third-order valence-electron chi connectivity index (χ3n) is 6.05. The molecule has 2 aromatic carbocycles. The van der Waals surface area contributed by atoms with Crippen molar-refractivity contribution in [1.82, 2.24) is 10.4 Å². The zero-order valence-corrected chi connectivity index (χ0v) is 20.5. The molecule has 194 valence electrons. The maximum Gasteiger partial charge on any atom is 0.352 e. The first-order valence-corrected chi connectivity index (χ1v) is 12.2. The van der Waals surface area contributed by atoms with Crippen molar-refractivity contribution >= 4 is 41.1 Å². The summed E-state index contributed by atoms with van der Waals surface area (Å²) in [6, 6.07) is 14.9. The summed E-state index contributed by atoms with van der Waals surface area (Å²) in [5.41, 5.74) is 3.14. The molecule has 1 saturated heterocycles. The Morgan fingerprint density at radius 2 is 1.45 bits per heavy atom. The van der Waals surface area contributed by atoms with Crippen LogP contribution in [0.4, 0.5) is 5.69 Å². The maximum atomic E-state index is 13.2. The molecule has 2 aliphatic heterocycles. The Hall–Kier alpha value is -4.78. The smallest absolute Gasteiger partial charge is 0.345 e. The Morgan fingerprint density at radius 3 is 2.21 bits per heavy atom. The standard InChI is InChI=1S/C28H25N3O7/c32-22(11-13-24(33)29-17-28(37)38-31-26(35)15-16-27(31)36)12-14-25(34)30-18-21-7-2-1-5-19(21)9-10-20-6-3-4-8-23(20)30/h1-8H,11-18H2,(H,29,33). The molecule has 0 atom stereocenters. The minimum absolute atomic E-state index is 0.0330. The molecule has 4 amide bonds. The highest BCUT2D eigenvalue weighted by Gasteiger charge is 2.32. The molecule has 0 saturated carbocycles. The minimum Gasteiger partial charge on any atom is -0.345 e. The molecule has 10 heteroatoms. The van der Waals surface area contributed by atoms with Gasteiger partial charge in [0.05, 0.1) is 12.2 Å². The number of hydrogen-bond donors (Lipinski definition) is 1. The van der Waals surface area contributed by atoms with Crippen molar-refractivity contribution in [1.29, 1.82) is 0 Å². The van der Waals surface area contributed by atoms with E-state index in [1.165, 1.54) is 0 Å². The molecule has 0 bridgehead atoms. The summed E-state index contributed by atoms with van der Waals surface area (Å²) in [6.07, 6.45) is -0.434. The third kappa shape index (κ3) is 6.50. The lowest BCUT2D eigenvalue weighted by Gasteiger charge is -2.26. The Labute approximate surface area is 218 Å². The van der Waals surface area contributed by atoms with Crippen LogP contribution in [0.25, 0.3) is 0 Å². The van der Waals surface area contributed by atoms with E-state index in [0.717, 1.165) is 16.7 Å². The molecule has 10 nitrogen and oxygen atoms in total. The van der Waals surface area contributed by atoms with Crippen molar-refractivity contribution in [2.75, 3.05) is 11.4 Å². The van der Waals surface area contributed by atoms with Crippen LogP contribution in [0, 0.1) is 11.8 Å². The second-order valence-electron chi connectivity index (χ2n) is 8.76. The van der Waals surface area contributed by atoms with Crippen molar-refractivity contribution in [2.24, 2.45) is 0 Å². The fraction of sp³-hybridized carbons (Fsp3) is 0.286. The van der Waals surface area contributed by atoms with Gasteiger partial charge in [-0.05, 0) is 23.8 Å². The highest BCUT2D eigenvalue weighted by molar-refractivity contribution is 6.02. The number of nitrogens with zero attached hydrogens (tertiary/aromatic N) is 2. The quantitative estimate of drug-likeness (QED) is 0.398. The normalized spacial score (nSPS) is 13.9. The molecule has 0 unspecified atom stereocenters. The summed E-state index contributed by atoms with van der Waals surface area (Å²) in [5.74, 6) is 2.99. The molecule has 2 aliphatic rings. The minimum atomic E-state index is -0.973. The summed E-state index contributed by atoms with van der Waals surface area (Å²) in [6.45, 7) is -0.233. The van der Waals surface area contributed by atoms with Gasteiger partial charge in [0, 0.05) is 49.7 Å². The van der Waals surface area contributed by atoms with Crippen molar-refractivity contribution in [3.05, 3.63) is 65.2 Å². The van der Waals surface area contributed by atoms with Gasteiger partial charge in [-0.2, -0.15) is 0 Å². The lowest BCUT2D eigenvalue weighted by atomic mass is 10.0. The number of carbonyl (C=O) groups excluding carboxylic acids is 6. The van der Waals surface area contributed by atoms with E-state index < -0.39 is 30.2 Å². The summed E-state index contributed by atoms with van der Waals surface area (Å²) in [4.78, 5) is 78.6. The van der Waals surface area contributed by atoms with E-state index >= 15 is 0 Å². The van der Waals surface area contributed by atoms with Gasteiger partial charge in [-0.1, -0.05) is 42.2 Å². The van der Waals surface area contributed by atoms with Crippen LogP contribution in [0.5, 0.6) is 0 Å². The largest absolute Gasteiger partial charge is 0.352 e. The highest BCUT2D eigenvalue weighted by Crippen LogP contribution is 2.26. The number of hydroxylamine groups is 2. The number of rotatable bonds is 9. The van der Waals surface area contributed by atoms with Crippen LogP contribution in [0.2, 0.25) is 0 Å². The predicted molar refractivity (Wildman–Crippen MR) is 134 cm³/mol. The maximum absolute atomic E-state index is 13.2. The molecule has 0 radical (unpaired) electrons. The van der Waals surface area contributed by atoms with Crippen LogP contribution in [0.3, 0.4) is 0 Å². The van der Waals surface area contributed by atoms with Crippen LogP contribution in [-0.2, 0) is 40.1 Å². The molecule has 2 heterocycles. The van der Waals surface area contributed by atoms with Gasteiger partial charge in [-0.3, -0.25) is 24.0 Å². The molecular weight excluding hydrogens is 490 g/mol. The van der Waals surface area contributed by atoms with Crippen molar-refractivity contribution in [2.45, 2.75) is 45.1 Å². The van der Waals surface area contributed by atoms with Gasteiger partial charge in [-0.15, -0.1) is 5.06 Å². The van der Waals surface area contributed by atoms with Crippen LogP contribution >= 0.6 is 0 Å². The number of para-hydroxylation sites is 1. The van der Waals surface area contributed by atoms with Crippen molar-refractivity contribution < 1.29 is 33.6 Å². The molecule has 2 aromatic rings. The van der Waals surface area contributed by atoms with Gasteiger partial charge in [0.15, 0.2) is 0 Å². The van der Waals surface area contributed by atoms with Crippen LogP contribution in [-0.4, -0.2) is 47.0 Å². The molecule has 0 aromatic heterocycles. The average Bonchev–Trinajstić information content (AvgIpc) is 3.22. The fourth-order valence-corrected chi connectivity index (χ4v) is 4.02. The first-order chi connectivity index (χ1) is 18.3. The first-order valence-electron chi connectivity index (χ1n) is 12.2. The first kappa shape index (κ1) is 26.3. The molecule has 0 spiro atoms. The molecular formula is C28H25N3O7. The third-order valence-corrected chi connectivity index (χ3v) is 6.05. The van der Waals surface area contributed by atoms with E-state index in [-0.39, 0.29) is 50.2 Å². The summed E-state index contributed by atoms with van der Waals surface area (Å²) >= 11 is 0. The average molecular weight is 516 g/mol. The zero-order valence-electron chi connectivity index (χ0n) is 20.5. The summed E-state index contributed by atoms with van der Waals surface area (Å²) in [5, 5.41) is 2.68. The summed E-state index contributed by atoms with van der Waals surface area (Å²) < 4.78 is 0. The number of fused-ring (bicyclic) bond motifs is 2. The Balaban J connectivity index is 1.25. The lowest BCUT2D eigenvalue weighted by molar-refractivity contribution is -0.196. The van der Waals surface area contributed by atoms with Crippen molar-refractivity contribution in [3.8, 4) is 11.8 Å². The van der Waals surface area contributed by atoms with Crippen LogP contribution in [0.15, 0.2) is 48.5 Å². The summed E-state index contributed by atoms with van der Waals surface area (Å²) in [7, 11) is 0. The zero-order chi connectivity index (χ0) is 27.1. The molecule has 1 N–H and O–H groups in total. The number of carbonyl (C=O) groups is 6. The SMILES string of the molecule is O=C(CCC(=O)NCC(=O)ON1C(=O)CCC1=O)CCC(=O)N1Cc2ccccc2C#Cc2ccccc21. The van der Waals surface area contributed by atoms with Crippen LogP contribution < -0.4 is 10.2 Å². The van der Waals surface area contributed by atoms with E-state index in [4.69, 9.17) is 0 Å². The Bertz CT molecular complexity index is 1360. The second-order valence-corrected chi connectivity index (χ2v) is 8.76. The number of hydrogen-bond acceptors (Lipinski definition) is 7. The van der Waals surface area contributed by atoms with Gasteiger partial charge in [0.1, 0.15) is 12.3 Å². The van der Waals surface area contributed by atoms with E-state index in [2.05, 4.69) is 22.0 Å². The van der Waals surface area contributed by atoms with Gasteiger partial charge in [0.2, 0.25) is 11.8 Å². The van der Waals surface area contributed by atoms with Crippen molar-refractivity contribution in [3.63, 3.8) is 0 Å². The van der Waals surface area contributed by atoms with E-state index in [9.17, 15) is 28.8 Å². The van der Waals surface area contributed by atoms with E-state index in [0.29, 0.717) is 17.3 Å². The predicted octanol–water partition coefficient (Wildman–Crippen LogP) is 1.79. The Kier molecular flexibility index (Phi) is 8.28. The Morgan fingerprint density at radius 1 is 0.816 bits per heavy atom. The number of imide groups is 1. The number of anilines is 1. The number of nitrogens with one attached hydrogen (secondary N) is 1. The monoisotopic (exact) mass is 515 g/mol. The topological polar surface area (TPSA) is 130 Å². The van der Waals surface area contributed by atoms with E-state index in [1.807, 2.05) is 48.5 Å². The molecule has 1 fully saturated rings. The van der Waals surface area contributed by atoms with Gasteiger partial charge < -0.3 is 15.1 Å². The fourth-order valence-electron chi connectivity index (χ4n) is 4.02. The van der Waals surface area contributed by atoms with Gasteiger partial charge in [0.25, 0.3) is 11.8 Å². The number of benzene rings is 2. The number of ketones is 1. The number of Topliss-reactive ketones (excluding diaryl/α,β-unsaturated/α-hetero) is 1. The number of amides is 4. The molecule has 4 rings (SSSR count). The second kappa shape index (κ2) is 12.0.